The van der Waals surface area contributed by atoms with Crippen molar-refractivity contribution in [2.75, 3.05) is 13.1 Å². The monoisotopic (exact) mass is 491 g/mol. The molecule has 1 aromatic rings. The number of benzene rings is 1. The largest absolute Gasteiger partial charge is 0.363 e. The Balaban J connectivity index is 1.47. The topological polar surface area (TPSA) is 170 Å². The first kappa shape index (κ1) is 23.0. The Morgan fingerprint density at radius 1 is 1.23 bits per heavy atom. The number of aliphatic hydroxyl groups is 2. The van der Waals surface area contributed by atoms with Gasteiger partial charge in [0.15, 0.2) is 11.6 Å². The number of halogens is 2. The number of amides is 3. The second kappa shape index (κ2) is 7.61. The first-order chi connectivity index (χ1) is 16.5. The van der Waals surface area contributed by atoms with Gasteiger partial charge in [0, 0.05) is 19.4 Å². The number of carbonyl (C=O) groups is 3. The second-order valence-corrected chi connectivity index (χ2v) is 8.98. The van der Waals surface area contributed by atoms with Gasteiger partial charge in [-0.3, -0.25) is 24.7 Å². The molecule has 0 unspecified atom stereocenters. The quantitative estimate of drug-likeness (QED) is 0.183. The molecule has 5 rings (SSSR count). The summed E-state index contributed by atoms with van der Waals surface area (Å²) in [5.41, 5.74) is -2.47. The van der Waals surface area contributed by atoms with E-state index < -0.39 is 52.7 Å². The number of nitrogens with one attached hydrogen (secondary N) is 5. The summed E-state index contributed by atoms with van der Waals surface area (Å²) in [6, 6.07) is -0.920. The highest BCUT2D eigenvalue weighted by molar-refractivity contribution is 6.02. The van der Waals surface area contributed by atoms with E-state index in [1.165, 1.54) is 4.90 Å². The van der Waals surface area contributed by atoms with Gasteiger partial charge in [0.05, 0.1) is 30.0 Å². The molecule has 3 amide bonds. The predicted molar refractivity (Wildman–Crippen MR) is 114 cm³/mol. The Bertz CT molecular complexity index is 1160. The maximum atomic E-state index is 14.1. The molecule has 0 aliphatic carbocycles. The molecule has 4 heterocycles. The first-order valence-electron chi connectivity index (χ1n) is 10.9. The molecule has 0 radical (unpaired) electrons. The van der Waals surface area contributed by atoms with Crippen LogP contribution >= 0.6 is 0 Å². The van der Waals surface area contributed by atoms with Crippen molar-refractivity contribution >= 4 is 23.7 Å². The average molecular weight is 491 g/mol. The SMILES string of the molecule is C=C1N[C@H]2[C@H](CN3C(=O)CCC3=O)NC(=N)N3C[C@H](NC(=O)c4cc(F)ccc4F)C(O)(O)[C@]23N1. The number of nitrogens with zero attached hydrogens (tertiary/aromatic N) is 2. The number of rotatable bonds is 4. The molecule has 4 fully saturated rings. The van der Waals surface area contributed by atoms with Crippen molar-refractivity contribution in [3.8, 4) is 0 Å². The molecule has 4 aliphatic heterocycles. The molecule has 4 aliphatic rings. The zero-order chi connectivity index (χ0) is 25.3. The van der Waals surface area contributed by atoms with Crippen LogP contribution in [0.1, 0.15) is 23.2 Å². The Morgan fingerprint density at radius 3 is 2.60 bits per heavy atom. The molecule has 4 saturated heterocycles. The van der Waals surface area contributed by atoms with Gasteiger partial charge in [0.25, 0.3) is 5.91 Å². The third-order valence-electron chi connectivity index (χ3n) is 6.97. The fourth-order valence-corrected chi connectivity index (χ4v) is 5.33. The van der Waals surface area contributed by atoms with Crippen LogP contribution in [0.25, 0.3) is 0 Å². The summed E-state index contributed by atoms with van der Waals surface area (Å²) in [5, 5.41) is 42.3. The van der Waals surface area contributed by atoms with Crippen molar-refractivity contribution in [1.29, 1.82) is 5.41 Å². The minimum absolute atomic E-state index is 0.0675. The maximum absolute atomic E-state index is 14.1. The molecule has 12 nitrogen and oxygen atoms in total. The fraction of sp³-hybridized carbons (Fsp3) is 0.429. The van der Waals surface area contributed by atoms with E-state index in [1.807, 2.05) is 0 Å². The van der Waals surface area contributed by atoms with Crippen LogP contribution in [0, 0.1) is 17.0 Å². The summed E-state index contributed by atoms with van der Waals surface area (Å²) in [5.74, 6) is -6.55. The number of imide groups is 1. The zero-order valence-electron chi connectivity index (χ0n) is 18.3. The molecule has 7 N–H and O–H groups in total. The van der Waals surface area contributed by atoms with Gasteiger partial charge in [-0.2, -0.15) is 0 Å². The molecule has 4 atom stereocenters. The third-order valence-corrected chi connectivity index (χ3v) is 6.97. The summed E-state index contributed by atoms with van der Waals surface area (Å²) >= 11 is 0. The minimum atomic E-state index is -2.77. The van der Waals surface area contributed by atoms with Crippen LogP contribution in [0.15, 0.2) is 30.6 Å². The van der Waals surface area contributed by atoms with Gasteiger partial charge in [-0.05, 0) is 18.2 Å². The van der Waals surface area contributed by atoms with Crippen LogP contribution in [-0.4, -0.2) is 86.4 Å². The Morgan fingerprint density at radius 2 is 1.91 bits per heavy atom. The average Bonchev–Trinajstić information content (AvgIpc) is 3.38. The second-order valence-electron chi connectivity index (χ2n) is 8.98. The molecule has 0 saturated carbocycles. The van der Waals surface area contributed by atoms with E-state index in [1.54, 1.807) is 0 Å². The third kappa shape index (κ3) is 3.24. The highest BCUT2D eigenvalue weighted by Gasteiger charge is 2.74. The smallest absolute Gasteiger partial charge is 0.254 e. The van der Waals surface area contributed by atoms with Crippen molar-refractivity contribution in [2.45, 2.75) is 42.4 Å². The minimum Gasteiger partial charge on any atom is -0.363 e. The lowest BCUT2D eigenvalue weighted by Crippen LogP contribution is -2.81. The van der Waals surface area contributed by atoms with Gasteiger partial charge in [-0.1, -0.05) is 6.58 Å². The van der Waals surface area contributed by atoms with E-state index in [0.717, 1.165) is 17.0 Å². The van der Waals surface area contributed by atoms with E-state index >= 15 is 0 Å². The van der Waals surface area contributed by atoms with Gasteiger partial charge in [0.2, 0.25) is 17.6 Å². The molecule has 0 aromatic heterocycles. The summed E-state index contributed by atoms with van der Waals surface area (Å²) in [7, 11) is 0. The van der Waals surface area contributed by atoms with Gasteiger partial charge in [-0.15, -0.1) is 0 Å². The Kier molecular flexibility index (Phi) is 5.00. The zero-order valence-corrected chi connectivity index (χ0v) is 18.3. The lowest BCUT2D eigenvalue weighted by atomic mass is 9.84. The van der Waals surface area contributed by atoms with Crippen LogP contribution in [-0.2, 0) is 9.59 Å². The number of hydrogen-bond donors (Lipinski definition) is 7. The molecule has 35 heavy (non-hydrogen) atoms. The molecule has 1 spiro atoms. The van der Waals surface area contributed by atoms with Crippen LogP contribution in [0.5, 0.6) is 0 Å². The van der Waals surface area contributed by atoms with Crippen LogP contribution in [0.3, 0.4) is 0 Å². The summed E-state index contributed by atoms with van der Waals surface area (Å²) in [4.78, 5) is 39.4. The standard InChI is InChI=1S/C21H23F2N7O5/c1-9-25-17-13(7-29-15(31)4-5-16(29)32)26-19(24)30-8-14(21(34,35)20(17,30)28-9)27-18(33)11-6-10(22)2-3-12(11)23/h2-3,6,13-14,17,25,28,34-35H,1,4-5,7-8H2,(H2,24,26)(H,27,33)/t13-,14-,17-,20-/m0/s1. The maximum Gasteiger partial charge on any atom is 0.254 e. The number of guanidine groups is 1. The summed E-state index contributed by atoms with van der Waals surface area (Å²) in [6.45, 7) is 3.33. The molecular weight excluding hydrogens is 468 g/mol. The van der Waals surface area contributed by atoms with Crippen LogP contribution < -0.4 is 21.3 Å². The Hall–Kier alpha value is -3.78. The van der Waals surface area contributed by atoms with E-state index in [-0.39, 0.29) is 49.5 Å². The number of carbonyl (C=O) groups excluding carboxylic acids is 3. The van der Waals surface area contributed by atoms with Crippen molar-refractivity contribution in [3.63, 3.8) is 0 Å². The van der Waals surface area contributed by atoms with E-state index in [9.17, 15) is 33.4 Å². The lowest BCUT2D eigenvalue weighted by Gasteiger charge is -2.51. The van der Waals surface area contributed by atoms with Gasteiger partial charge < -0.3 is 36.4 Å². The molecule has 186 valence electrons. The van der Waals surface area contributed by atoms with E-state index in [2.05, 4.69) is 27.8 Å². The van der Waals surface area contributed by atoms with Gasteiger partial charge in [0.1, 0.15) is 17.7 Å². The van der Waals surface area contributed by atoms with Gasteiger partial charge in [-0.25, -0.2) is 8.78 Å². The fourth-order valence-electron chi connectivity index (χ4n) is 5.33. The molecule has 1 aromatic carbocycles. The van der Waals surface area contributed by atoms with Crippen LogP contribution in [0.2, 0.25) is 0 Å². The van der Waals surface area contributed by atoms with Crippen molar-refractivity contribution in [3.05, 3.63) is 47.8 Å². The van der Waals surface area contributed by atoms with Crippen LogP contribution in [0.4, 0.5) is 8.78 Å². The highest BCUT2D eigenvalue weighted by atomic mass is 19.1. The summed E-state index contributed by atoms with van der Waals surface area (Å²) in [6.07, 6.45) is 0.135. The number of hydrogen-bond acceptors (Lipinski definition) is 8. The predicted octanol–water partition coefficient (Wildman–Crippen LogP) is -2.16. The first-order valence-corrected chi connectivity index (χ1v) is 10.9. The summed E-state index contributed by atoms with van der Waals surface area (Å²) < 4.78 is 27.7. The van der Waals surface area contributed by atoms with Crippen molar-refractivity contribution in [1.82, 2.24) is 31.1 Å². The van der Waals surface area contributed by atoms with Crippen molar-refractivity contribution in [2.24, 2.45) is 0 Å². The lowest BCUT2D eigenvalue weighted by molar-refractivity contribution is -0.233. The molecule has 0 bridgehead atoms. The number of likely N-dealkylation sites (tertiary alicyclic amines) is 1. The van der Waals surface area contributed by atoms with E-state index in [0.29, 0.717) is 6.07 Å². The van der Waals surface area contributed by atoms with Crippen molar-refractivity contribution < 1.29 is 33.4 Å². The normalized spacial score (nSPS) is 31.0. The van der Waals surface area contributed by atoms with Gasteiger partial charge >= 0.3 is 0 Å². The Labute approximate surface area is 197 Å². The highest BCUT2D eigenvalue weighted by Crippen LogP contribution is 2.44. The van der Waals surface area contributed by atoms with E-state index in [4.69, 9.17) is 5.41 Å². The molecule has 14 heteroatoms. The molecular formula is C21H23F2N7O5.